The summed E-state index contributed by atoms with van der Waals surface area (Å²) in [5, 5.41) is 3.87. The number of pyridine rings is 1. The molecule has 198 valence electrons. The van der Waals surface area contributed by atoms with E-state index in [1.165, 1.54) is 17.2 Å². The molecular weight excluding hydrogens is 525 g/mol. The molecule has 0 atom stereocenters. The highest BCUT2D eigenvalue weighted by Gasteiger charge is 2.37. The van der Waals surface area contributed by atoms with Crippen LogP contribution in [0, 0.1) is 5.82 Å². The second-order valence-corrected chi connectivity index (χ2v) is 8.34. The average Bonchev–Trinajstić information content (AvgIpc) is 3.24. The SMILES string of the molecule is Nc1ncnn2c(-c3cnc4c(c3)C(=O)N(Cc3cc(OC(F)(F)F)ccc3F)CC4)cc(C(F)(F)F)c12. The standard InChI is InChI=1S/C23H15F7N6O2/c24-16-2-1-13(38-23(28,29)30)5-12(16)9-35-4-3-17-14(21(35)37)6-11(8-32-17)18-7-15(22(25,26)27)19-20(31)33-10-34-36(18)19/h1-2,5-8,10H,3-4,9H2,(H2,31,33,34). The van der Waals surface area contributed by atoms with E-state index in [1.54, 1.807) is 0 Å². The van der Waals surface area contributed by atoms with Crippen LogP contribution in [-0.2, 0) is 19.1 Å². The number of nitrogen functional groups attached to an aromatic ring is 1. The van der Waals surface area contributed by atoms with Crippen molar-refractivity contribution in [3.63, 3.8) is 0 Å². The summed E-state index contributed by atoms with van der Waals surface area (Å²) < 4.78 is 97.8. The van der Waals surface area contributed by atoms with E-state index in [-0.39, 0.29) is 41.9 Å². The van der Waals surface area contributed by atoms with E-state index in [0.717, 1.165) is 35.1 Å². The van der Waals surface area contributed by atoms with Gasteiger partial charge in [0.05, 0.1) is 22.5 Å². The Hall–Kier alpha value is -4.43. The van der Waals surface area contributed by atoms with Crippen LogP contribution in [-0.4, -0.2) is 43.3 Å². The number of hydrogen-bond acceptors (Lipinski definition) is 6. The van der Waals surface area contributed by atoms with Gasteiger partial charge in [-0.25, -0.2) is 13.9 Å². The zero-order chi connectivity index (χ0) is 27.4. The zero-order valence-electron chi connectivity index (χ0n) is 18.9. The van der Waals surface area contributed by atoms with Gasteiger partial charge in [-0.05, 0) is 30.3 Å². The number of carbonyl (C=O) groups excluding carboxylic acids is 1. The van der Waals surface area contributed by atoms with E-state index in [0.29, 0.717) is 5.69 Å². The van der Waals surface area contributed by atoms with Gasteiger partial charge in [-0.1, -0.05) is 0 Å². The number of nitrogens with zero attached hydrogens (tertiary/aromatic N) is 5. The maximum atomic E-state index is 14.3. The average molecular weight is 540 g/mol. The first-order valence-electron chi connectivity index (χ1n) is 10.8. The summed E-state index contributed by atoms with van der Waals surface area (Å²) >= 11 is 0. The molecule has 1 aliphatic rings. The van der Waals surface area contributed by atoms with Crippen LogP contribution in [0.15, 0.2) is 42.9 Å². The Kier molecular flexibility index (Phi) is 5.87. The molecule has 15 heteroatoms. The lowest BCUT2D eigenvalue weighted by Gasteiger charge is -2.28. The number of anilines is 1. The van der Waals surface area contributed by atoms with E-state index in [1.807, 2.05) is 0 Å². The molecule has 5 rings (SSSR count). The van der Waals surface area contributed by atoms with Gasteiger partial charge in [0.1, 0.15) is 23.4 Å². The number of carbonyl (C=O) groups is 1. The van der Waals surface area contributed by atoms with Gasteiger partial charge in [-0.2, -0.15) is 18.3 Å². The van der Waals surface area contributed by atoms with Crippen LogP contribution in [0.1, 0.15) is 27.2 Å². The fourth-order valence-electron chi connectivity index (χ4n) is 4.25. The normalized spacial score (nSPS) is 14.2. The zero-order valence-corrected chi connectivity index (χ0v) is 18.9. The number of amides is 1. The summed E-state index contributed by atoms with van der Waals surface area (Å²) in [6, 6.07) is 4.59. The summed E-state index contributed by atoms with van der Waals surface area (Å²) in [5.41, 5.74) is 4.39. The van der Waals surface area contributed by atoms with Crippen LogP contribution >= 0.6 is 0 Å². The second-order valence-electron chi connectivity index (χ2n) is 8.34. The summed E-state index contributed by atoms with van der Waals surface area (Å²) in [6.07, 6.45) is -7.26. The number of hydrogen-bond donors (Lipinski definition) is 1. The Bertz CT molecular complexity index is 1560. The van der Waals surface area contributed by atoms with Crippen molar-refractivity contribution in [1.29, 1.82) is 0 Å². The number of ether oxygens (including phenoxy) is 1. The van der Waals surface area contributed by atoms with E-state index in [9.17, 15) is 35.5 Å². The Balaban J connectivity index is 1.50. The van der Waals surface area contributed by atoms with Gasteiger partial charge in [0.25, 0.3) is 5.91 Å². The Labute approximate surface area is 208 Å². The van der Waals surface area contributed by atoms with Crippen molar-refractivity contribution in [2.45, 2.75) is 25.5 Å². The van der Waals surface area contributed by atoms with Crippen molar-refractivity contribution in [2.24, 2.45) is 0 Å². The van der Waals surface area contributed by atoms with Crippen LogP contribution in [0.3, 0.4) is 0 Å². The first-order valence-corrected chi connectivity index (χ1v) is 10.8. The molecule has 0 unspecified atom stereocenters. The van der Waals surface area contributed by atoms with E-state index >= 15 is 0 Å². The van der Waals surface area contributed by atoms with Gasteiger partial charge >= 0.3 is 12.5 Å². The topological polar surface area (TPSA) is 98.6 Å². The van der Waals surface area contributed by atoms with Crippen molar-refractivity contribution in [2.75, 3.05) is 12.3 Å². The second kappa shape index (κ2) is 8.85. The minimum Gasteiger partial charge on any atom is -0.406 e. The quantitative estimate of drug-likeness (QED) is 0.379. The van der Waals surface area contributed by atoms with Gasteiger partial charge in [0, 0.05) is 36.8 Å². The maximum absolute atomic E-state index is 14.3. The van der Waals surface area contributed by atoms with Crippen LogP contribution in [0.4, 0.5) is 36.6 Å². The molecule has 2 N–H and O–H groups in total. The molecule has 38 heavy (non-hydrogen) atoms. The van der Waals surface area contributed by atoms with Crippen LogP contribution in [0.5, 0.6) is 5.75 Å². The lowest BCUT2D eigenvalue weighted by atomic mass is 10.0. The highest BCUT2D eigenvalue weighted by atomic mass is 19.4. The number of aromatic nitrogens is 4. The molecule has 4 aromatic rings. The van der Waals surface area contributed by atoms with Gasteiger partial charge in [-0.3, -0.25) is 9.78 Å². The third kappa shape index (κ3) is 4.66. The van der Waals surface area contributed by atoms with Crippen LogP contribution in [0.25, 0.3) is 16.8 Å². The third-order valence-electron chi connectivity index (χ3n) is 5.90. The predicted molar refractivity (Wildman–Crippen MR) is 117 cm³/mol. The lowest BCUT2D eigenvalue weighted by molar-refractivity contribution is -0.274. The molecule has 0 saturated carbocycles. The lowest BCUT2D eigenvalue weighted by Crippen LogP contribution is -2.37. The Morgan fingerprint density at radius 2 is 1.82 bits per heavy atom. The molecule has 4 heterocycles. The monoisotopic (exact) mass is 540 g/mol. The smallest absolute Gasteiger partial charge is 0.406 e. The molecule has 1 amide bonds. The molecule has 0 bridgehead atoms. The Morgan fingerprint density at radius 1 is 1.05 bits per heavy atom. The number of nitrogens with two attached hydrogens (primary N) is 1. The predicted octanol–water partition coefficient (Wildman–Crippen LogP) is 4.63. The molecule has 0 saturated heterocycles. The molecule has 1 aromatic carbocycles. The number of alkyl halides is 6. The van der Waals surface area contributed by atoms with Crippen LogP contribution in [0.2, 0.25) is 0 Å². The maximum Gasteiger partial charge on any atom is 0.573 e. The molecule has 0 spiro atoms. The largest absolute Gasteiger partial charge is 0.573 e. The highest BCUT2D eigenvalue weighted by Crippen LogP contribution is 2.39. The number of halogens is 7. The molecule has 1 aliphatic heterocycles. The van der Waals surface area contributed by atoms with E-state index in [4.69, 9.17) is 5.73 Å². The van der Waals surface area contributed by atoms with Gasteiger partial charge in [0.15, 0.2) is 5.82 Å². The summed E-state index contributed by atoms with van der Waals surface area (Å²) in [7, 11) is 0. The van der Waals surface area contributed by atoms with Gasteiger partial charge < -0.3 is 15.4 Å². The van der Waals surface area contributed by atoms with Crippen molar-refractivity contribution in [3.05, 3.63) is 71.1 Å². The molecule has 0 radical (unpaired) electrons. The first kappa shape index (κ1) is 25.2. The third-order valence-corrected chi connectivity index (χ3v) is 5.90. The molecule has 0 fully saturated rings. The minimum absolute atomic E-state index is 0.0439. The van der Waals surface area contributed by atoms with Crippen molar-refractivity contribution in [1.82, 2.24) is 24.5 Å². The molecule has 0 aliphatic carbocycles. The fraction of sp³-hybridized carbons (Fsp3) is 0.217. The van der Waals surface area contributed by atoms with E-state index in [2.05, 4.69) is 19.8 Å². The van der Waals surface area contributed by atoms with Crippen molar-refractivity contribution in [3.8, 4) is 17.0 Å². The minimum atomic E-state index is -4.98. The first-order chi connectivity index (χ1) is 17.8. The highest BCUT2D eigenvalue weighted by molar-refractivity contribution is 5.97. The molecule has 3 aromatic heterocycles. The fourth-order valence-corrected chi connectivity index (χ4v) is 4.25. The summed E-state index contributed by atoms with van der Waals surface area (Å²) in [5.74, 6) is -2.52. The molecule has 8 nitrogen and oxygen atoms in total. The summed E-state index contributed by atoms with van der Waals surface area (Å²) in [6.45, 7) is -0.294. The molecular formula is C23H15F7N6O2. The summed E-state index contributed by atoms with van der Waals surface area (Å²) in [4.78, 5) is 22.3. The van der Waals surface area contributed by atoms with Crippen molar-refractivity contribution >= 4 is 17.2 Å². The number of benzene rings is 1. The van der Waals surface area contributed by atoms with E-state index < -0.39 is 46.9 Å². The Morgan fingerprint density at radius 3 is 2.53 bits per heavy atom. The van der Waals surface area contributed by atoms with Gasteiger partial charge in [0.2, 0.25) is 0 Å². The van der Waals surface area contributed by atoms with Crippen LogP contribution < -0.4 is 10.5 Å². The van der Waals surface area contributed by atoms with Gasteiger partial charge in [-0.15, -0.1) is 13.2 Å². The number of rotatable bonds is 4. The van der Waals surface area contributed by atoms with Crippen molar-refractivity contribution < 1.29 is 40.3 Å². The number of fused-ring (bicyclic) bond motifs is 2.